The second kappa shape index (κ2) is 4.47. The number of rotatable bonds is 1. The van der Waals surface area contributed by atoms with E-state index in [1.165, 1.54) is 12.1 Å². The number of hydrogen-bond donors (Lipinski definition) is 0. The molecule has 2 nitrogen and oxygen atoms in total. The van der Waals surface area contributed by atoms with Gasteiger partial charge in [0.15, 0.2) is 0 Å². The van der Waals surface area contributed by atoms with Gasteiger partial charge in [0.05, 0.1) is 10.7 Å². The van der Waals surface area contributed by atoms with E-state index < -0.39 is 0 Å². The molecule has 1 heterocycles. The second-order valence-corrected chi connectivity index (χ2v) is 4.47. The summed E-state index contributed by atoms with van der Waals surface area (Å²) in [6.45, 7) is 1.78. The van der Waals surface area contributed by atoms with Crippen LogP contribution in [-0.4, -0.2) is 9.97 Å². The SMILES string of the molecule is Cc1nc(Br)cc(-c2ccc(F)cc2Cl)n1. The Kier molecular flexibility index (Phi) is 3.21. The molecular weight excluding hydrogens is 294 g/mol. The van der Waals surface area contributed by atoms with Gasteiger partial charge in [0, 0.05) is 5.56 Å². The Morgan fingerprint density at radius 2 is 2.00 bits per heavy atom. The van der Waals surface area contributed by atoms with Crippen LogP contribution >= 0.6 is 27.5 Å². The first-order valence-corrected chi connectivity index (χ1v) is 5.70. The Bertz CT molecular complexity index is 525. The van der Waals surface area contributed by atoms with E-state index >= 15 is 0 Å². The lowest BCUT2D eigenvalue weighted by Gasteiger charge is -2.05. The summed E-state index contributed by atoms with van der Waals surface area (Å²) in [5.41, 5.74) is 1.36. The van der Waals surface area contributed by atoms with Gasteiger partial charge in [-0.15, -0.1) is 0 Å². The molecule has 5 heteroatoms. The minimum Gasteiger partial charge on any atom is -0.233 e. The molecule has 0 atom stereocenters. The number of aryl methyl sites for hydroxylation is 1. The fraction of sp³-hybridized carbons (Fsp3) is 0.0909. The molecule has 0 saturated heterocycles. The van der Waals surface area contributed by atoms with Crippen LogP contribution in [0.5, 0.6) is 0 Å². The summed E-state index contributed by atoms with van der Waals surface area (Å²) in [5, 5.41) is 0.338. The Morgan fingerprint density at radius 3 is 2.62 bits per heavy atom. The van der Waals surface area contributed by atoms with Crippen LogP contribution in [0.15, 0.2) is 28.9 Å². The number of benzene rings is 1. The molecule has 0 bridgehead atoms. The van der Waals surface area contributed by atoms with E-state index in [1.54, 1.807) is 19.1 Å². The maximum Gasteiger partial charge on any atom is 0.127 e. The lowest BCUT2D eigenvalue weighted by Crippen LogP contribution is -1.92. The van der Waals surface area contributed by atoms with Crippen molar-refractivity contribution in [3.05, 3.63) is 45.5 Å². The molecule has 82 valence electrons. The van der Waals surface area contributed by atoms with Crippen LogP contribution in [-0.2, 0) is 0 Å². The maximum absolute atomic E-state index is 12.9. The summed E-state index contributed by atoms with van der Waals surface area (Å²) in [6, 6.07) is 5.97. The van der Waals surface area contributed by atoms with Gasteiger partial charge < -0.3 is 0 Å². The van der Waals surface area contributed by atoms with E-state index in [9.17, 15) is 4.39 Å². The van der Waals surface area contributed by atoms with Gasteiger partial charge in [-0.25, -0.2) is 14.4 Å². The van der Waals surface area contributed by atoms with Crippen molar-refractivity contribution in [1.29, 1.82) is 0 Å². The van der Waals surface area contributed by atoms with E-state index in [-0.39, 0.29) is 5.82 Å². The summed E-state index contributed by atoms with van der Waals surface area (Å²) in [5.74, 6) is 0.267. The third kappa shape index (κ3) is 2.39. The molecule has 1 aromatic heterocycles. The summed E-state index contributed by atoms with van der Waals surface area (Å²) in [4.78, 5) is 8.34. The Balaban J connectivity index is 2.58. The first-order valence-electron chi connectivity index (χ1n) is 4.53. The van der Waals surface area contributed by atoms with Crippen molar-refractivity contribution in [3.63, 3.8) is 0 Å². The van der Waals surface area contributed by atoms with Crippen LogP contribution in [0.1, 0.15) is 5.82 Å². The molecule has 0 fully saturated rings. The molecule has 0 unspecified atom stereocenters. The smallest absolute Gasteiger partial charge is 0.127 e. The average Bonchev–Trinajstić information content (AvgIpc) is 2.15. The van der Waals surface area contributed by atoms with E-state index in [4.69, 9.17) is 11.6 Å². The molecule has 1 aromatic carbocycles. The Morgan fingerprint density at radius 1 is 1.25 bits per heavy atom. The number of aromatic nitrogens is 2. The maximum atomic E-state index is 12.9. The van der Waals surface area contributed by atoms with Crippen LogP contribution < -0.4 is 0 Å². The zero-order valence-corrected chi connectivity index (χ0v) is 10.7. The molecule has 16 heavy (non-hydrogen) atoms. The Hall–Kier alpha value is -1.00. The summed E-state index contributed by atoms with van der Waals surface area (Å²) in [6.07, 6.45) is 0. The average molecular weight is 302 g/mol. The quantitative estimate of drug-likeness (QED) is 0.744. The van der Waals surface area contributed by atoms with Gasteiger partial charge in [0.1, 0.15) is 16.2 Å². The molecule has 0 spiro atoms. The molecule has 0 aliphatic rings. The van der Waals surface area contributed by atoms with Gasteiger partial charge in [-0.1, -0.05) is 11.6 Å². The van der Waals surface area contributed by atoms with Crippen LogP contribution in [0.2, 0.25) is 5.02 Å². The highest BCUT2D eigenvalue weighted by Gasteiger charge is 2.08. The highest BCUT2D eigenvalue weighted by molar-refractivity contribution is 9.10. The van der Waals surface area contributed by atoms with Gasteiger partial charge in [-0.05, 0) is 47.1 Å². The normalized spacial score (nSPS) is 10.5. The highest BCUT2D eigenvalue weighted by Crippen LogP contribution is 2.28. The van der Waals surface area contributed by atoms with Crippen molar-refractivity contribution in [2.24, 2.45) is 0 Å². The summed E-state index contributed by atoms with van der Waals surface area (Å²) in [7, 11) is 0. The minimum atomic E-state index is -0.362. The standard InChI is InChI=1S/C11H7BrClFN2/c1-6-15-10(5-11(12)16-6)8-3-2-7(14)4-9(8)13/h2-5H,1H3. The highest BCUT2D eigenvalue weighted by atomic mass is 79.9. The molecule has 0 N–H and O–H groups in total. The lowest BCUT2D eigenvalue weighted by atomic mass is 10.1. The number of nitrogens with zero attached hydrogens (tertiary/aromatic N) is 2. The van der Waals surface area contributed by atoms with Crippen molar-refractivity contribution in [2.45, 2.75) is 6.92 Å². The van der Waals surface area contributed by atoms with E-state index in [0.717, 1.165) is 0 Å². The molecule has 0 aliphatic carbocycles. The molecular formula is C11H7BrClFN2. The van der Waals surface area contributed by atoms with E-state index in [2.05, 4.69) is 25.9 Å². The molecule has 0 aliphatic heterocycles. The summed E-state index contributed by atoms with van der Waals surface area (Å²) >= 11 is 9.23. The molecule has 0 saturated carbocycles. The van der Waals surface area contributed by atoms with Crippen molar-refractivity contribution in [1.82, 2.24) is 9.97 Å². The third-order valence-electron chi connectivity index (χ3n) is 2.01. The zero-order chi connectivity index (χ0) is 11.7. The van der Waals surface area contributed by atoms with Crippen LogP contribution in [0.25, 0.3) is 11.3 Å². The number of halogens is 3. The first-order chi connectivity index (χ1) is 7.56. The minimum absolute atomic E-state index is 0.338. The fourth-order valence-electron chi connectivity index (χ4n) is 1.37. The van der Waals surface area contributed by atoms with Crippen molar-refractivity contribution in [3.8, 4) is 11.3 Å². The van der Waals surface area contributed by atoms with Gasteiger partial charge in [0.2, 0.25) is 0 Å². The van der Waals surface area contributed by atoms with Gasteiger partial charge in [0.25, 0.3) is 0 Å². The van der Waals surface area contributed by atoms with Gasteiger partial charge in [-0.2, -0.15) is 0 Å². The van der Waals surface area contributed by atoms with Crippen molar-refractivity contribution >= 4 is 27.5 Å². The zero-order valence-electron chi connectivity index (χ0n) is 8.34. The van der Waals surface area contributed by atoms with E-state index in [0.29, 0.717) is 26.7 Å². The molecule has 2 aromatic rings. The largest absolute Gasteiger partial charge is 0.233 e. The molecule has 0 radical (unpaired) electrons. The predicted molar refractivity (Wildman–Crippen MR) is 64.9 cm³/mol. The van der Waals surface area contributed by atoms with Crippen LogP contribution in [0, 0.1) is 12.7 Å². The topological polar surface area (TPSA) is 25.8 Å². The Labute approximate surface area is 106 Å². The fourth-order valence-corrected chi connectivity index (χ4v) is 2.10. The molecule has 0 amide bonds. The predicted octanol–water partition coefficient (Wildman–Crippen LogP) is 4.01. The monoisotopic (exact) mass is 300 g/mol. The first kappa shape index (κ1) is 11.5. The third-order valence-corrected chi connectivity index (χ3v) is 2.73. The van der Waals surface area contributed by atoms with Gasteiger partial charge >= 0.3 is 0 Å². The van der Waals surface area contributed by atoms with Gasteiger partial charge in [-0.3, -0.25) is 0 Å². The van der Waals surface area contributed by atoms with Crippen LogP contribution in [0.4, 0.5) is 4.39 Å². The van der Waals surface area contributed by atoms with Crippen LogP contribution in [0.3, 0.4) is 0 Å². The second-order valence-electron chi connectivity index (χ2n) is 3.25. The summed E-state index contributed by atoms with van der Waals surface area (Å²) < 4.78 is 13.6. The number of hydrogen-bond acceptors (Lipinski definition) is 2. The van der Waals surface area contributed by atoms with Crippen molar-refractivity contribution < 1.29 is 4.39 Å². The van der Waals surface area contributed by atoms with Crippen molar-refractivity contribution in [2.75, 3.05) is 0 Å². The van der Waals surface area contributed by atoms with E-state index in [1.807, 2.05) is 0 Å². The lowest BCUT2D eigenvalue weighted by molar-refractivity contribution is 0.628. The molecule has 2 rings (SSSR count).